The number of hydrogen-bond acceptors (Lipinski definition) is 5. The van der Waals surface area contributed by atoms with Crippen LogP contribution in [0.25, 0.3) is 0 Å². The van der Waals surface area contributed by atoms with Gasteiger partial charge in [0.2, 0.25) is 0 Å². The molecule has 0 bridgehead atoms. The van der Waals surface area contributed by atoms with E-state index in [-0.39, 0.29) is 11.3 Å². The van der Waals surface area contributed by atoms with Crippen molar-refractivity contribution in [3.05, 3.63) is 11.9 Å². The third kappa shape index (κ3) is 5.35. The van der Waals surface area contributed by atoms with Gasteiger partial charge in [-0.05, 0) is 11.8 Å². The van der Waals surface area contributed by atoms with Gasteiger partial charge in [-0.3, -0.25) is 9.48 Å². The Hall–Kier alpha value is -1.47. The third-order valence-corrected chi connectivity index (χ3v) is 2.84. The van der Waals surface area contributed by atoms with Gasteiger partial charge in [0.05, 0.1) is 12.7 Å². The second kappa shape index (κ2) is 7.20. The Labute approximate surface area is 113 Å². The van der Waals surface area contributed by atoms with E-state index in [1.807, 2.05) is 0 Å². The van der Waals surface area contributed by atoms with Crippen LogP contribution in [0.15, 0.2) is 6.20 Å². The fraction of sp³-hybridized carbons (Fsp3) is 0.750. The van der Waals surface area contributed by atoms with E-state index in [4.69, 9.17) is 10.5 Å². The Morgan fingerprint density at radius 3 is 2.95 bits per heavy atom. The van der Waals surface area contributed by atoms with Gasteiger partial charge >= 0.3 is 0 Å². The van der Waals surface area contributed by atoms with Gasteiger partial charge in [-0.15, -0.1) is 5.10 Å². The Bertz CT molecular complexity index is 403. The first kappa shape index (κ1) is 15.6. The fourth-order valence-corrected chi connectivity index (χ4v) is 1.52. The van der Waals surface area contributed by atoms with Gasteiger partial charge in [0, 0.05) is 26.8 Å². The molecule has 0 aliphatic heterocycles. The van der Waals surface area contributed by atoms with Crippen molar-refractivity contribution in [3.8, 4) is 0 Å². The van der Waals surface area contributed by atoms with E-state index in [1.54, 1.807) is 18.0 Å². The van der Waals surface area contributed by atoms with E-state index < -0.39 is 0 Å². The molecule has 0 unspecified atom stereocenters. The van der Waals surface area contributed by atoms with Crippen LogP contribution in [0, 0.1) is 5.41 Å². The topological polar surface area (TPSA) is 95.1 Å². The highest BCUT2D eigenvalue weighted by molar-refractivity contribution is 5.91. The van der Waals surface area contributed by atoms with Crippen molar-refractivity contribution in [3.63, 3.8) is 0 Å². The second-order valence-electron chi connectivity index (χ2n) is 5.25. The minimum Gasteiger partial charge on any atom is -0.385 e. The molecular weight excluding hydrogens is 246 g/mol. The van der Waals surface area contributed by atoms with Crippen LogP contribution in [0.1, 0.15) is 30.8 Å². The lowest BCUT2D eigenvalue weighted by Crippen LogP contribution is -2.34. The largest absolute Gasteiger partial charge is 0.385 e. The summed E-state index contributed by atoms with van der Waals surface area (Å²) in [5.74, 6) is -0.214. The first-order chi connectivity index (χ1) is 8.98. The smallest absolute Gasteiger partial charge is 0.273 e. The standard InChI is InChI=1S/C12H23N5O2/c1-12(2,4-7-19-3)9-14-11(18)10-8-17(6-5-13)16-15-10/h8H,4-7,9,13H2,1-3H3,(H,14,18). The number of amides is 1. The number of nitrogens with zero attached hydrogens (tertiary/aromatic N) is 3. The highest BCUT2D eigenvalue weighted by Gasteiger charge is 2.20. The van der Waals surface area contributed by atoms with Gasteiger partial charge in [-0.2, -0.15) is 0 Å². The molecule has 0 fully saturated rings. The molecule has 1 aromatic rings. The molecular formula is C12H23N5O2. The lowest BCUT2D eigenvalue weighted by atomic mass is 9.90. The lowest BCUT2D eigenvalue weighted by Gasteiger charge is -2.24. The SMILES string of the molecule is COCCC(C)(C)CNC(=O)c1cn(CCN)nn1. The van der Waals surface area contributed by atoms with E-state index in [1.165, 1.54) is 0 Å². The minimum atomic E-state index is -0.214. The Kier molecular flexibility index (Phi) is 5.91. The first-order valence-electron chi connectivity index (χ1n) is 6.36. The first-order valence-corrected chi connectivity index (χ1v) is 6.36. The van der Waals surface area contributed by atoms with Gasteiger partial charge in [0.15, 0.2) is 5.69 Å². The van der Waals surface area contributed by atoms with Gasteiger partial charge in [-0.25, -0.2) is 0 Å². The average Bonchev–Trinajstić information content (AvgIpc) is 2.83. The Balaban J connectivity index is 2.45. The van der Waals surface area contributed by atoms with E-state index in [9.17, 15) is 4.79 Å². The van der Waals surface area contributed by atoms with Gasteiger partial charge < -0.3 is 15.8 Å². The Morgan fingerprint density at radius 1 is 1.58 bits per heavy atom. The van der Waals surface area contributed by atoms with Crippen LogP contribution < -0.4 is 11.1 Å². The molecule has 108 valence electrons. The quantitative estimate of drug-likeness (QED) is 0.694. The number of carbonyl (C=O) groups is 1. The molecule has 0 aromatic carbocycles. The zero-order chi connectivity index (χ0) is 14.3. The summed E-state index contributed by atoms with van der Waals surface area (Å²) >= 11 is 0. The van der Waals surface area contributed by atoms with Crippen molar-refractivity contribution >= 4 is 5.91 Å². The van der Waals surface area contributed by atoms with Crippen LogP contribution in [-0.2, 0) is 11.3 Å². The zero-order valence-electron chi connectivity index (χ0n) is 11.8. The molecule has 0 atom stereocenters. The van der Waals surface area contributed by atoms with Crippen molar-refractivity contribution in [2.45, 2.75) is 26.8 Å². The minimum absolute atomic E-state index is 0.0150. The van der Waals surface area contributed by atoms with Crippen molar-refractivity contribution in [1.29, 1.82) is 0 Å². The van der Waals surface area contributed by atoms with Crippen LogP contribution >= 0.6 is 0 Å². The molecule has 19 heavy (non-hydrogen) atoms. The number of nitrogens with two attached hydrogens (primary N) is 1. The van der Waals surface area contributed by atoms with E-state index in [0.29, 0.717) is 31.9 Å². The normalized spacial score (nSPS) is 11.6. The number of hydrogen-bond donors (Lipinski definition) is 2. The highest BCUT2D eigenvalue weighted by atomic mass is 16.5. The molecule has 0 spiro atoms. The molecule has 1 rings (SSSR count). The van der Waals surface area contributed by atoms with Crippen molar-refractivity contribution in [2.75, 3.05) is 26.8 Å². The van der Waals surface area contributed by atoms with Crippen LogP contribution in [0.2, 0.25) is 0 Å². The summed E-state index contributed by atoms with van der Waals surface area (Å²) in [5, 5.41) is 10.5. The van der Waals surface area contributed by atoms with Crippen LogP contribution in [0.5, 0.6) is 0 Å². The maximum atomic E-state index is 11.9. The summed E-state index contributed by atoms with van der Waals surface area (Å²) in [7, 11) is 1.67. The number of methoxy groups -OCH3 is 1. The Morgan fingerprint density at radius 2 is 2.32 bits per heavy atom. The van der Waals surface area contributed by atoms with Gasteiger partial charge in [-0.1, -0.05) is 19.1 Å². The molecule has 3 N–H and O–H groups in total. The molecule has 0 aliphatic carbocycles. The van der Waals surface area contributed by atoms with Crippen LogP contribution in [0.3, 0.4) is 0 Å². The summed E-state index contributed by atoms with van der Waals surface area (Å²) in [6.45, 7) is 6.43. The molecule has 0 aliphatic rings. The number of carbonyl (C=O) groups excluding carboxylic acids is 1. The molecule has 1 aromatic heterocycles. The van der Waals surface area contributed by atoms with E-state index in [0.717, 1.165) is 6.42 Å². The average molecular weight is 269 g/mol. The molecule has 7 nitrogen and oxygen atoms in total. The van der Waals surface area contributed by atoms with Gasteiger partial charge in [0.25, 0.3) is 5.91 Å². The number of nitrogens with one attached hydrogen (secondary N) is 1. The molecule has 1 amide bonds. The summed E-state index contributed by atoms with van der Waals surface area (Å²) in [6, 6.07) is 0. The lowest BCUT2D eigenvalue weighted by molar-refractivity contribution is 0.0916. The maximum Gasteiger partial charge on any atom is 0.273 e. The third-order valence-electron chi connectivity index (χ3n) is 2.84. The van der Waals surface area contributed by atoms with Crippen molar-refractivity contribution < 1.29 is 9.53 Å². The summed E-state index contributed by atoms with van der Waals surface area (Å²) in [5.41, 5.74) is 5.71. The summed E-state index contributed by atoms with van der Waals surface area (Å²) in [6.07, 6.45) is 2.48. The highest BCUT2D eigenvalue weighted by Crippen LogP contribution is 2.18. The van der Waals surface area contributed by atoms with Crippen molar-refractivity contribution in [2.24, 2.45) is 11.1 Å². The fourth-order valence-electron chi connectivity index (χ4n) is 1.52. The van der Waals surface area contributed by atoms with E-state index in [2.05, 4.69) is 29.5 Å². The van der Waals surface area contributed by atoms with Crippen LogP contribution in [-0.4, -0.2) is 47.7 Å². The predicted octanol–water partition coefficient (Wildman–Crippen LogP) is 0.0293. The number of ether oxygens (including phenoxy) is 1. The summed E-state index contributed by atoms with van der Waals surface area (Å²) < 4.78 is 6.61. The number of rotatable bonds is 8. The molecule has 0 saturated heterocycles. The monoisotopic (exact) mass is 269 g/mol. The molecule has 1 heterocycles. The number of aromatic nitrogens is 3. The molecule has 0 saturated carbocycles. The van der Waals surface area contributed by atoms with Crippen molar-refractivity contribution in [1.82, 2.24) is 20.3 Å². The van der Waals surface area contributed by atoms with E-state index >= 15 is 0 Å². The van der Waals surface area contributed by atoms with Gasteiger partial charge in [0.1, 0.15) is 0 Å². The molecule has 7 heteroatoms. The predicted molar refractivity (Wildman–Crippen MR) is 71.7 cm³/mol. The summed E-state index contributed by atoms with van der Waals surface area (Å²) in [4.78, 5) is 11.9. The maximum absolute atomic E-state index is 11.9. The zero-order valence-corrected chi connectivity index (χ0v) is 11.8. The second-order valence-corrected chi connectivity index (χ2v) is 5.25. The van der Waals surface area contributed by atoms with Crippen LogP contribution in [0.4, 0.5) is 0 Å². The molecule has 0 radical (unpaired) electrons.